The lowest BCUT2D eigenvalue weighted by Crippen LogP contribution is -2.52. The maximum atomic E-state index is 13.1. The average molecular weight is 550 g/mol. The van der Waals surface area contributed by atoms with Gasteiger partial charge in [0.2, 0.25) is 11.8 Å². The molecule has 2 N–H and O–H groups in total. The van der Waals surface area contributed by atoms with E-state index in [2.05, 4.69) is 40.0 Å². The highest BCUT2D eigenvalue weighted by Crippen LogP contribution is 2.38. The van der Waals surface area contributed by atoms with Crippen molar-refractivity contribution in [2.45, 2.75) is 109 Å². The van der Waals surface area contributed by atoms with Crippen LogP contribution in [0.5, 0.6) is 0 Å². The van der Waals surface area contributed by atoms with Crippen molar-refractivity contribution in [2.24, 2.45) is 5.41 Å². The summed E-state index contributed by atoms with van der Waals surface area (Å²) in [6, 6.07) is 5.44. The Morgan fingerprint density at radius 2 is 1.90 bits per heavy atom. The lowest BCUT2D eigenvalue weighted by molar-refractivity contribution is -0.136. The van der Waals surface area contributed by atoms with Gasteiger partial charge in [0.05, 0.1) is 24.8 Å². The summed E-state index contributed by atoms with van der Waals surface area (Å²) < 4.78 is 8.38. The molecule has 0 spiro atoms. The minimum Gasteiger partial charge on any atom is -0.378 e. The molecule has 11 nitrogen and oxygen atoms in total. The van der Waals surface area contributed by atoms with Crippen molar-refractivity contribution >= 4 is 17.7 Å². The first kappa shape index (κ1) is 27.0. The quantitative estimate of drug-likeness (QED) is 0.433. The van der Waals surface area contributed by atoms with Gasteiger partial charge in [-0.15, -0.1) is 5.10 Å². The molecule has 2 aromatic rings. The fourth-order valence-corrected chi connectivity index (χ4v) is 6.43. The maximum absolute atomic E-state index is 13.1. The Kier molecular flexibility index (Phi) is 7.43. The zero-order valence-corrected chi connectivity index (χ0v) is 23.4. The van der Waals surface area contributed by atoms with E-state index >= 15 is 0 Å². The molecule has 11 heteroatoms. The van der Waals surface area contributed by atoms with Crippen LogP contribution in [0.15, 0.2) is 18.2 Å². The fraction of sp³-hybridized carbons (Fsp3) is 0.655. The van der Waals surface area contributed by atoms with Crippen LogP contribution < -0.4 is 10.6 Å². The molecule has 6 rings (SSSR count). The van der Waals surface area contributed by atoms with Gasteiger partial charge in [-0.25, -0.2) is 4.68 Å². The second-order valence-corrected chi connectivity index (χ2v) is 12.5. The van der Waals surface area contributed by atoms with Crippen LogP contribution in [-0.4, -0.2) is 61.6 Å². The zero-order valence-electron chi connectivity index (χ0n) is 23.4. The van der Waals surface area contributed by atoms with Crippen LogP contribution in [0.1, 0.15) is 111 Å². The van der Waals surface area contributed by atoms with Gasteiger partial charge in [-0.1, -0.05) is 38.8 Å². The SMILES string of the molecule is CC(C)(COC1CCCC1)C(NCc1ccc2c(c1)CN(C1CCC(=O)NC1=O)C2=O)c1nnnn1C1CCC1. The molecule has 0 radical (unpaired) electrons. The summed E-state index contributed by atoms with van der Waals surface area (Å²) in [5.41, 5.74) is 2.28. The van der Waals surface area contributed by atoms with Crippen molar-refractivity contribution in [2.75, 3.05) is 6.61 Å². The molecular formula is C29H39N7O4. The van der Waals surface area contributed by atoms with E-state index < -0.39 is 11.9 Å². The molecule has 1 aromatic carbocycles. The Labute approximate surface area is 234 Å². The molecule has 1 saturated heterocycles. The highest BCUT2D eigenvalue weighted by Gasteiger charge is 2.40. The number of aromatic nitrogens is 4. The number of tetrazole rings is 1. The van der Waals surface area contributed by atoms with E-state index in [1.54, 1.807) is 4.90 Å². The molecule has 2 atom stereocenters. The summed E-state index contributed by atoms with van der Waals surface area (Å²) >= 11 is 0. The van der Waals surface area contributed by atoms with Crippen molar-refractivity contribution < 1.29 is 19.1 Å². The number of rotatable bonds is 10. The number of nitrogens with one attached hydrogen (secondary N) is 2. The Bertz CT molecular complexity index is 1280. The van der Waals surface area contributed by atoms with Crippen molar-refractivity contribution in [3.8, 4) is 0 Å². The van der Waals surface area contributed by atoms with Crippen LogP contribution >= 0.6 is 0 Å². The molecule has 40 heavy (non-hydrogen) atoms. The number of piperidine rings is 1. The van der Waals surface area contributed by atoms with Gasteiger partial charge >= 0.3 is 0 Å². The number of benzene rings is 1. The second-order valence-electron chi connectivity index (χ2n) is 12.5. The van der Waals surface area contributed by atoms with Gasteiger partial charge < -0.3 is 15.0 Å². The van der Waals surface area contributed by atoms with Gasteiger partial charge in [0.15, 0.2) is 5.82 Å². The first-order valence-corrected chi connectivity index (χ1v) is 14.7. The summed E-state index contributed by atoms with van der Waals surface area (Å²) in [6.07, 6.45) is 9.00. The minimum absolute atomic E-state index is 0.139. The highest BCUT2D eigenvalue weighted by molar-refractivity contribution is 6.05. The molecule has 1 aromatic heterocycles. The number of hydrogen-bond donors (Lipinski definition) is 2. The van der Waals surface area contributed by atoms with Crippen LogP contribution in [-0.2, 0) is 27.4 Å². The number of carbonyl (C=O) groups is 3. The predicted octanol–water partition coefficient (Wildman–Crippen LogP) is 2.98. The van der Waals surface area contributed by atoms with Crippen LogP contribution in [0.2, 0.25) is 0 Å². The van der Waals surface area contributed by atoms with Crippen molar-refractivity contribution in [3.63, 3.8) is 0 Å². The van der Waals surface area contributed by atoms with E-state index in [4.69, 9.17) is 4.74 Å². The fourth-order valence-electron chi connectivity index (χ4n) is 6.43. The number of imide groups is 1. The van der Waals surface area contributed by atoms with Crippen molar-refractivity contribution in [3.05, 3.63) is 40.7 Å². The van der Waals surface area contributed by atoms with Gasteiger partial charge in [-0.2, -0.15) is 0 Å². The minimum atomic E-state index is -0.616. The summed E-state index contributed by atoms with van der Waals surface area (Å²) in [5, 5.41) is 19.0. The van der Waals surface area contributed by atoms with Crippen LogP contribution in [0.4, 0.5) is 0 Å². The maximum Gasteiger partial charge on any atom is 0.255 e. The molecule has 3 heterocycles. The summed E-state index contributed by atoms with van der Waals surface area (Å²) in [7, 11) is 0. The molecule has 3 amide bonds. The summed E-state index contributed by atoms with van der Waals surface area (Å²) in [6.45, 7) is 5.94. The summed E-state index contributed by atoms with van der Waals surface area (Å²) in [5.74, 6) is -0.00143. The standard InChI is InChI=1S/C29H39N7O4/c1-29(2,17-40-21-8-3-4-9-21)25(26-32-33-34-36(26)20-6-5-7-20)30-15-18-10-11-22-19(14-18)16-35(28(22)39)23-12-13-24(37)31-27(23)38/h10-11,14,20-21,23,25,30H,3-9,12-13,15-17H2,1-2H3,(H,31,37,38). The van der Waals surface area contributed by atoms with E-state index in [0.29, 0.717) is 43.8 Å². The molecule has 3 fully saturated rings. The number of fused-ring (bicyclic) bond motifs is 1. The van der Waals surface area contributed by atoms with Gasteiger partial charge in [0.25, 0.3) is 5.91 Å². The Morgan fingerprint density at radius 3 is 2.62 bits per heavy atom. The first-order chi connectivity index (χ1) is 19.3. The van der Waals surface area contributed by atoms with E-state index in [-0.39, 0.29) is 29.7 Å². The molecule has 2 aliphatic heterocycles. The molecule has 214 valence electrons. The molecule has 2 aliphatic carbocycles. The van der Waals surface area contributed by atoms with E-state index in [0.717, 1.165) is 42.6 Å². The molecular weight excluding hydrogens is 510 g/mol. The number of carbonyl (C=O) groups excluding carboxylic acids is 3. The van der Waals surface area contributed by atoms with Gasteiger partial charge in [0, 0.05) is 30.5 Å². The van der Waals surface area contributed by atoms with Crippen molar-refractivity contribution in [1.82, 2.24) is 35.7 Å². The van der Waals surface area contributed by atoms with E-state index in [9.17, 15) is 14.4 Å². The van der Waals surface area contributed by atoms with Crippen LogP contribution in [0.3, 0.4) is 0 Å². The van der Waals surface area contributed by atoms with Gasteiger partial charge in [-0.05, 0) is 66.1 Å². The smallest absolute Gasteiger partial charge is 0.255 e. The summed E-state index contributed by atoms with van der Waals surface area (Å²) in [4.78, 5) is 38.7. The molecule has 2 saturated carbocycles. The largest absolute Gasteiger partial charge is 0.378 e. The molecule has 4 aliphatic rings. The number of amides is 3. The van der Waals surface area contributed by atoms with Crippen LogP contribution in [0, 0.1) is 5.41 Å². The average Bonchev–Trinajstić information content (AvgIpc) is 3.64. The lowest BCUT2D eigenvalue weighted by atomic mass is 9.83. The van der Waals surface area contributed by atoms with Gasteiger partial charge in [-0.3, -0.25) is 19.7 Å². The second kappa shape index (κ2) is 11.0. The van der Waals surface area contributed by atoms with Crippen LogP contribution in [0.25, 0.3) is 0 Å². The monoisotopic (exact) mass is 549 g/mol. The third kappa shape index (κ3) is 5.28. The van der Waals surface area contributed by atoms with Crippen molar-refractivity contribution in [1.29, 1.82) is 0 Å². The Balaban J connectivity index is 1.18. The van der Waals surface area contributed by atoms with E-state index in [1.807, 2.05) is 22.9 Å². The normalized spacial score (nSPS) is 22.9. The zero-order chi connectivity index (χ0) is 27.9. The Hall–Kier alpha value is -3.18. The molecule has 2 unspecified atom stereocenters. The van der Waals surface area contributed by atoms with Gasteiger partial charge in [0.1, 0.15) is 6.04 Å². The first-order valence-electron chi connectivity index (χ1n) is 14.7. The molecule has 0 bridgehead atoms. The Morgan fingerprint density at radius 1 is 1.10 bits per heavy atom. The number of hydrogen-bond acceptors (Lipinski definition) is 8. The number of ether oxygens (including phenoxy) is 1. The van der Waals surface area contributed by atoms with E-state index in [1.165, 1.54) is 19.3 Å². The lowest BCUT2D eigenvalue weighted by Gasteiger charge is -2.36. The third-order valence-electron chi connectivity index (χ3n) is 9.07. The third-order valence-corrected chi connectivity index (χ3v) is 9.07. The number of nitrogens with zero attached hydrogens (tertiary/aromatic N) is 5. The highest BCUT2D eigenvalue weighted by atomic mass is 16.5. The predicted molar refractivity (Wildman–Crippen MR) is 145 cm³/mol. The topological polar surface area (TPSA) is 131 Å².